The lowest BCUT2D eigenvalue weighted by atomic mass is 10.4. The van der Waals surface area contributed by atoms with Gasteiger partial charge in [-0.2, -0.15) is 0 Å². The Bertz CT molecular complexity index is 102. The molecule has 0 aromatic rings. The van der Waals surface area contributed by atoms with E-state index in [1.807, 2.05) is 0 Å². The molecule has 0 saturated heterocycles. The second-order valence-electron chi connectivity index (χ2n) is 1.77. The normalized spacial score (nSPS) is 10.0. The highest BCUT2D eigenvalue weighted by atomic mass is 35.5. The monoisotopic (exact) mass is 184 g/mol. The Morgan fingerprint density at radius 1 is 1.50 bits per heavy atom. The second kappa shape index (κ2) is 5.81. The van der Waals surface area contributed by atoms with Crippen LogP contribution in [0.1, 0.15) is 13.3 Å². The highest BCUT2D eigenvalue weighted by Gasteiger charge is 2.09. The average Bonchev–Trinajstić information content (AvgIpc) is 1.99. The number of esters is 1. The minimum absolute atomic E-state index is 0.258. The van der Waals surface area contributed by atoms with Gasteiger partial charge < -0.3 is 4.74 Å². The molecule has 0 aromatic heterocycles. The number of rotatable bonds is 4. The predicted octanol–water partition coefficient (Wildman–Crippen LogP) is 1.79. The van der Waals surface area contributed by atoms with Crippen molar-refractivity contribution in [3.8, 4) is 0 Å². The van der Waals surface area contributed by atoms with Gasteiger partial charge in [0.2, 0.25) is 0 Å². The summed E-state index contributed by atoms with van der Waals surface area (Å²) >= 11 is 10.8. The molecule has 0 aliphatic heterocycles. The minimum Gasteiger partial charge on any atom is -0.460 e. The van der Waals surface area contributed by atoms with Crippen LogP contribution >= 0.6 is 23.2 Å². The van der Waals surface area contributed by atoms with Crippen LogP contribution < -0.4 is 0 Å². The molecule has 0 atom stereocenters. The summed E-state index contributed by atoms with van der Waals surface area (Å²) in [6.45, 7) is 1.72. The van der Waals surface area contributed by atoms with Crippen molar-refractivity contribution in [1.29, 1.82) is 0 Å². The molecule has 0 N–H and O–H groups in total. The summed E-state index contributed by atoms with van der Waals surface area (Å²) in [7, 11) is 0. The van der Waals surface area contributed by atoms with E-state index in [0.717, 1.165) is 0 Å². The Morgan fingerprint density at radius 3 is 2.30 bits per heavy atom. The molecule has 4 heteroatoms. The SMILES string of the molecule is CCC(=O)OC(CCl)CCl. The van der Waals surface area contributed by atoms with Gasteiger partial charge in [-0.15, -0.1) is 23.2 Å². The van der Waals surface area contributed by atoms with Crippen LogP contribution in [0.15, 0.2) is 0 Å². The first kappa shape index (κ1) is 10.0. The summed E-state index contributed by atoms with van der Waals surface area (Å²) in [6.07, 6.45) is 0.0281. The maximum absolute atomic E-state index is 10.6. The van der Waals surface area contributed by atoms with Gasteiger partial charge in [0.25, 0.3) is 0 Å². The van der Waals surface area contributed by atoms with Crippen molar-refractivity contribution in [3.63, 3.8) is 0 Å². The first-order valence-electron chi connectivity index (χ1n) is 3.06. The summed E-state index contributed by atoms with van der Waals surface area (Å²) in [5, 5.41) is 0. The van der Waals surface area contributed by atoms with Crippen molar-refractivity contribution in [2.24, 2.45) is 0 Å². The first-order valence-corrected chi connectivity index (χ1v) is 4.12. The van der Waals surface area contributed by atoms with E-state index in [0.29, 0.717) is 6.42 Å². The van der Waals surface area contributed by atoms with Crippen molar-refractivity contribution in [2.75, 3.05) is 11.8 Å². The third kappa shape index (κ3) is 3.96. The zero-order valence-corrected chi connectivity index (χ0v) is 7.28. The van der Waals surface area contributed by atoms with E-state index in [1.54, 1.807) is 6.92 Å². The maximum atomic E-state index is 10.6. The largest absolute Gasteiger partial charge is 0.460 e. The molecule has 0 aliphatic carbocycles. The van der Waals surface area contributed by atoms with Crippen LogP contribution in [0, 0.1) is 0 Å². The van der Waals surface area contributed by atoms with Gasteiger partial charge in [0.05, 0.1) is 11.8 Å². The molecule has 0 unspecified atom stereocenters. The van der Waals surface area contributed by atoms with Crippen molar-refractivity contribution in [2.45, 2.75) is 19.4 Å². The van der Waals surface area contributed by atoms with Gasteiger partial charge in [0, 0.05) is 6.42 Å². The summed E-state index contributed by atoms with van der Waals surface area (Å²) in [4.78, 5) is 10.6. The number of carbonyl (C=O) groups is 1. The lowest BCUT2D eigenvalue weighted by Crippen LogP contribution is -2.20. The summed E-state index contributed by atoms with van der Waals surface area (Å²) in [5.74, 6) is 0.260. The lowest BCUT2D eigenvalue weighted by molar-refractivity contribution is -0.146. The Hall–Kier alpha value is 0.0500. The summed E-state index contributed by atoms with van der Waals surface area (Å²) in [5.41, 5.74) is 0. The van der Waals surface area contributed by atoms with Crippen LogP contribution in [-0.4, -0.2) is 23.8 Å². The van der Waals surface area contributed by atoms with Crippen molar-refractivity contribution < 1.29 is 9.53 Å². The molecule has 0 amide bonds. The van der Waals surface area contributed by atoms with Crippen molar-refractivity contribution >= 4 is 29.2 Å². The molecule has 0 heterocycles. The van der Waals surface area contributed by atoms with Crippen LogP contribution in [0.3, 0.4) is 0 Å². The van der Waals surface area contributed by atoms with E-state index in [9.17, 15) is 4.79 Å². The minimum atomic E-state index is -0.337. The van der Waals surface area contributed by atoms with Gasteiger partial charge in [0.1, 0.15) is 6.10 Å². The zero-order valence-electron chi connectivity index (χ0n) is 5.77. The first-order chi connectivity index (χ1) is 4.74. The number of halogens is 2. The van der Waals surface area contributed by atoms with E-state index in [1.165, 1.54) is 0 Å². The average molecular weight is 185 g/mol. The van der Waals surface area contributed by atoms with Gasteiger partial charge in [-0.1, -0.05) is 6.92 Å². The molecular weight excluding hydrogens is 175 g/mol. The Kier molecular flexibility index (Phi) is 5.84. The second-order valence-corrected chi connectivity index (χ2v) is 2.39. The molecule has 0 saturated carbocycles. The fourth-order valence-corrected chi connectivity index (χ4v) is 0.829. The van der Waals surface area contributed by atoms with E-state index >= 15 is 0 Å². The Labute approximate surface area is 70.4 Å². The summed E-state index contributed by atoms with van der Waals surface area (Å²) in [6, 6.07) is 0. The van der Waals surface area contributed by atoms with Crippen molar-refractivity contribution in [3.05, 3.63) is 0 Å². The third-order valence-corrected chi connectivity index (χ3v) is 1.62. The van der Waals surface area contributed by atoms with Crippen LogP contribution in [0.25, 0.3) is 0 Å². The standard InChI is InChI=1S/C6H10Cl2O2/c1-2-6(9)10-5(3-7)4-8/h5H,2-4H2,1H3. The van der Waals surface area contributed by atoms with Crippen molar-refractivity contribution in [1.82, 2.24) is 0 Å². The quantitative estimate of drug-likeness (QED) is 0.493. The van der Waals surface area contributed by atoms with Gasteiger partial charge in [0.15, 0.2) is 0 Å². The number of hydrogen-bond donors (Lipinski definition) is 0. The maximum Gasteiger partial charge on any atom is 0.305 e. The van der Waals surface area contributed by atoms with E-state index in [-0.39, 0.29) is 23.8 Å². The zero-order chi connectivity index (χ0) is 7.98. The number of alkyl halides is 2. The van der Waals surface area contributed by atoms with Crippen LogP contribution in [0.2, 0.25) is 0 Å². The number of hydrogen-bond acceptors (Lipinski definition) is 2. The summed E-state index contributed by atoms with van der Waals surface area (Å²) < 4.78 is 4.80. The highest BCUT2D eigenvalue weighted by Crippen LogP contribution is 1.99. The molecule has 10 heavy (non-hydrogen) atoms. The Balaban J connectivity index is 3.52. The van der Waals surface area contributed by atoms with E-state index in [4.69, 9.17) is 27.9 Å². The number of carbonyl (C=O) groups excluding carboxylic acids is 1. The molecule has 0 aliphatic rings. The molecule has 0 fully saturated rings. The lowest BCUT2D eigenvalue weighted by Gasteiger charge is -2.10. The molecule has 60 valence electrons. The van der Waals surface area contributed by atoms with Gasteiger partial charge in [-0.25, -0.2) is 0 Å². The van der Waals surface area contributed by atoms with Crippen LogP contribution in [-0.2, 0) is 9.53 Å². The van der Waals surface area contributed by atoms with E-state index in [2.05, 4.69) is 0 Å². The number of ether oxygens (including phenoxy) is 1. The topological polar surface area (TPSA) is 26.3 Å². The molecular formula is C6H10Cl2O2. The molecule has 0 radical (unpaired) electrons. The molecule has 0 bridgehead atoms. The fourth-order valence-electron chi connectivity index (χ4n) is 0.373. The Morgan fingerprint density at radius 2 is 2.00 bits per heavy atom. The smallest absolute Gasteiger partial charge is 0.305 e. The molecule has 0 rings (SSSR count). The van der Waals surface area contributed by atoms with Gasteiger partial charge in [-0.3, -0.25) is 4.79 Å². The molecule has 2 nitrogen and oxygen atoms in total. The molecule has 0 spiro atoms. The fraction of sp³-hybridized carbons (Fsp3) is 0.833. The predicted molar refractivity (Wildman–Crippen MR) is 41.6 cm³/mol. The third-order valence-electron chi connectivity index (χ3n) is 0.931. The van der Waals surface area contributed by atoms with Gasteiger partial charge in [-0.05, 0) is 0 Å². The van der Waals surface area contributed by atoms with Gasteiger partial charge >= 0.3 is 5.97 Å². The van der Waals surface area contributed by atoms with E-state index < -0.39 is 0 Å². The highest BCUT2D eigenvalue weighted by molar-refractivity contribution is 6.21. The van der Waals surface area contributed by atoms with Crippen LogP contribution in [0.5, 0.6) is 0 Å². The van der Waals surface area contributed by atoms with Crippen LogP contribution in [0.4, 0.5) is 0 Å². The molecule has 0 aromatic carbocycles.